The predicted octanol–water partition coefficient (Wildman–Crippen LogP) is 2.95. The van der Waals surface area contributed by atoms with Crippen molar-refractivity contribution >= 4 is 39.0 Å². The van der Waals surface area contributed by atoms with Gasteiger partial charge < -0.3 is 9.64 Å². The predicted molar refractivity (Wildman–Crippen MR) is 112 cm³/mol. The zero-order valence-corrected chi connectivity index (χ0v) is 17.2. The zero-order chi connectivity index (χ0) is 18.8. The Kier molecular flexibility index (Phi) is 5.13. The standard InChI is InChI=1S/C20H18BrN3O2S/c1-2-26-17-8-6-16(7-9-17)23-12-22-20-24(13-23)19(25)18(27-20)11-14-4-3-5-15(21)10-14/h3-11H,2,12-13H2,1H3/b18-11-. The van der Waals surface area contributed by atoms with Gasteiger partial charge in [0.15, 0.2) is 4.80 Å². The molecule has 3 aromatic rings. The first-order valence-electron chi connectivity index (χ1n) is 8.63. The van der Waals surface area contributed by atoms with Crippen molar-refractivity contribution in [3.63, 3.8) is 0 Å². The van der Waals surface area contributed by atoms with Crippen LogP contribution in [0.4, 0.5) is 5.69 Å². The van der Waals surface area contributed by atoms with Crippen molar-refractivity contribution < 1.29 is 4.74 Å². The second-order valence-corrected chi connectivity index (χ2v) is 8.01. The molecule has 1 aliphatic heterocycles. The molecule has 138 valence electrons. The van der Waals surface area contributed by atoms with E-state index in [-0.39, 0.29) is 5.56 Å². The number of aromatic nitrogens is 1. The minimum Gasteiger partial charge on any atom is -0.494 e. The first-order chi connectivity index (χ1) is 13.1. The Hall–Kier alpha value is -2.38. The number of benzene rings is 2. The van der Waals surface area contributed by atoms with E-state index in [4.69, 9.17) is 4.74 Å². The highest BCUT2D eigenvalue weighted by molar-refractivity contribution is 9.10. The Balaban J connectivity index is 1.64. The molecule has 5 nitrogen and oxygen atoms in total. The zero-order valence-electron chi connectivity index (χ0n) is 14.8. The molecule has 4 rings (SSSR count). The molecule has 27 heavy (non-hydrogen) atoms. The van der Waals surface area contributed by atoms with Gasteiger partial charge in [0.2, 0.25) is 0 Å². The van der Waals surface area contributed by atoms with Gasteiger partial charge in [0, 0.05) is 10.2 Å². The Morgan fingerprint density at radius 2 is 2.07 bits per heavy atom. The van der Waals surface area contributed by atoms with E-state index in [2.05, 4.69) is 25.8 Å². The molecule has 0 N–H and O–H groups in total. The molecule has 7 heteroatoms. The summed E-state index contributed by atoms with van der Waals surface area (Å²) < 4.78 is 8.90. The summed E-state index contributed by atoms with van der Waals surface area (Å²) in [6, 6.07) is 15.8. The molecule has 1 aromatic heterocycles. The topological polar surface area (TPSA) is 46.8 Å². The van der Waals surface area contributed by atoms with E-state index in [0.717, 1.165) is 26.3 Å². The van der Waals surface area contributed by atoms with Gasteiger partial charge in [-0.15, -0.1) is 0 Å². The Morgan fingerprint density at radius 1 is 1.26 bits per heavy atom. The van der Waals surface area contributed by atoms with Gasteiger partial charge in [0.25, 0.3) is 5.56 Å². The van der Waals surface area contributed by atoms with Gasteiger partial charge in [-0.3, -0.25) is 9.36 Å². The highest BCUT2D eigenvalue weighted by atomic mass is 79.9. The highest BCUT2D eigenvalue weighted by Crippen LogP contribution is 2.20. The van der Waals surface area contributed by atoms with Gasteiger partial charge in [-0.05, 0) is 55.0 Å². The van der Waals surface area contributed by atoms with Gasteiger partial charge >= 0.3 is 0 Å². The number of thiazole rings is 1. The summed E-state index contributed by atoms with van der Waals surface area (Å²) in [5, 5.41) is 0. The lowest BCUT2D eigenvalue weighted by molar-refractivity contribution is 0.340. The second-order valence-electron chi connectivity index (χ2n) is 6.09. The van der Waals surface area contributed by atoms with E-state index >= 15 is 0 Å². The average Bonchev–Trinajstić information content (AvgIpc) is 2.98. The fourth-order valence-electron chi connectivity index (χ4n) is 2.94. The lowest BCUT2D eigenvalue weighted by Gasteiger charge is -2.25. The quantitative estimate of drug-likeness (QED) is 0.622. The van der Waals surface area contributed by atoms with Crippen LogP contribution in [0.15, 0.2) is 62.8 Å². The molecular formula is C20H18BrN3O2S. The van der Waals surface area contributed by atoms with E-state index in [9.17, 15) is 4.79 Å². The van der Waals surface area contributed by atoms with Crippen LogP contribution in [0.5, 0.6) is 5.75 Å². The number of halogens is 1. The summed E-state index contributed by atoms with van der Waals surface area (Å²) in [5.41, 5.74) is 2.00. The maximum absolute atomic E-state index is 12.8. The lowest BCUT2D eigenvalue weighted by atomic mass is 10.2. The molecule has 2 aromatic carbocycles. The molecule has 0 fully saturated rings. The number of hydrogen-bond donors (Lipinski definition) is 0. The smallest absolute Gasteiger partial charge is 0.271 e. The number of anilines is 1. The van der Waals surface area contributed by atoms with Crippen LogP contribution in [-0.2, 0) is 6.67 Å². The fraction of sp³-hybridized carbons (Fsp3) is 0.200. The minimum absolute atomic E-state index is 0.00522. The fourth-order valence-corrected chi connectivity index (χ4v) is 4.32. The molecule has 0 unspecified atom stereocenters. The van der Waals surface area contributed by atoms with Crippen molar-refractivity contribution in [2.45, 2.75) is 13.6 Å². The number of hydrogen-bond acceptors (Lipinski definition) is 5. The number of nitrogens with zero attached hydrogens (tertiary/aromatic N) is 3. The van der Waals surface area contributed by atoms with Crippen LogP contribution in [0.1, 0.15) is 12.5 Å². The molecule has 2 heterocycles. The largest absolute Gasteiger partial charge is 0.494 e. The molecule has 0 saturated carbocycles. The highest BCUT2D eigenvalue weighted by Gasteiger charge is 2.16. The van der Waals surface area contributed by atoms with Gasteiger partial charge in [-0.2, -0.15) is 0 Å². The van der Waals surface area contributed by atoms with E-state index in [1.807, 2.05) is 61.5 Å². The number of rotatable bonds is 4. The molecule has 0 bridgehead atoms. The molecule has 0 spiro atoms. The number of fused-ring (bicyclic) bond motifs is 1. The average molecular weight is 444 g/mol. The Bertz CT molecular complexity index is 1140. The van der Waals surface area contributed by atoms with Crippen molar-refractivity contribution in [3.8, 4) is 5.75 Å². The molecule has 0 radical (unpaired) electrons. The second kappa shape index (κ2) is 7.70. The Morgan fingerprint density at radius 3 is 2.81 bits per heavy atom. The molecule has 0 saturated heterocycles. The normalized spacial score (nSPS) is 14.0. The van der Waals surface area contributed by atoms with E-state index in [1.54, 1.807) is 4.57 Å². The van der Waals surface area contributed by atoms with Crippen molar-refractivity contribution in [2.75, 3.05) is 18.2 Å². The SMILES string of the molecule is CCOc1ccc(N2CN=c3s/c(=C\c4cccc(Br)c4)c(=O)n3C2)cc1. The van der Waals surface area contributed by atoms with Crippen LogP contribution in [0, 0.1) is 0 Å². The summed E-state index contributed by atoms with van der Waals surface area (Å²) in [6.45, 7) is 3.63. The summed E-state index contributed by atoms with van der Waals surface area (Å²) in [5.74, 6) is 0.842. The third-order valence-electron chi connectivity index (χ3n) is 4.24. The minimum atomic E-state index is -0.00522. The molecule has 1 aliphatic rings. The van der Waals surface area contributed by atoms with Gasteiger partial charge in [0.1, 0.15) is 19.1 Å². The third-order valence-corrected chi connectivity index (χ3v) is 5.77. The third kappa shape index (κ3) is 3.84. The van der Waals surface area contributed by atoms with Crippen molar-refractivity contribution in [1.29, 1.82) is 0 Å². The maximum atomic E-state index is 12.8. The van der Waals surface area contributed by atoms with E-state index in [1.165, 1.54) is 11.3 Å². The van der Waals surface area contributed by atoms with Crippen LogP contribution in [0.25, 0.3) is 6.08 Å². The van der Waals surface area contributed by atoms with Gasteiger partial charge in [-0.25, -0.2) is 4.99 Å². The summed E-state index contributed by atoms with van der Waals surface area (Å²) in [6.07, 6.45) is 1.92. The summed E-state index contributed by atoms with van der Waals surface area (Å²) >= 11 is 4.90. The van der Waals surface area contributed by atoms with Crippen molar-refractivity contribution in [1.82, 2.24) is 4.57 Å². The van der Waals surface area contributed by atoms with Crippen molar-refractivity contribution in [2.24, 2.45) is 4.99 Å². The molecule has 0 amide bonds. The number of ether oxygens (including phenoxy) is 1. The lowest BCUT2D eigenvalue weighted by Crippen LogP contribution is -2.42. The molecular weight excluding hydrogens is 426 g/mol. The first kappa shape index (κ1) is 18.0. The van der Waals surface area contributed by atoms with E-state index < -0.39 is 0 Å². The summed E-state index contributed by atoms with van der Waals surface area (Å²) in [4.78, 5) is 20.3. The van der Waals surface area contributed by atoms with Crippen LogP contribution < -0.4 is 24.5 Å². The molecule has 0 aliphatic carbocycles. The molecule has 0 atom stereocenters. The van der Waals surface area contributed by atoms with Crippen LogP contribution in [0.3, 0.4) is 0 Å². The van der Waals surface area contributed by atoms with Gasteiger partial charge in [0.05, 0.1) is 11.1 Å². The van der Waals surface area contributed by atoms with E-state index in [0.29, 0.717) is 24.5 Å². The van der Waals surface area contributed by atoms with Crippen LogP contribution >= 0.6 is 27.3 Å². The van der Waals surface area contributed by atoms with Crippen LogP contribution in [0.2, 0.25) is 0 Å². The monoisotopic (exact) mass is 443 g/mol. The Labute approximate surface area is 169 Å². The van der Waals surface area contributed by atoms with Crippen molar-refractivity contribution in [3.05, 3.63) is 78.3 Å². The maximum Gasteiger partial charge on any atom is 0.271 e. The first-order valence-corrected chi connectivity index (χ1v) is 10.2. The van der Waals surface area contributed by atoms with Crippen LogP contribution in [-0.4, -0.2) is 17.8 Å². The summed E-state index contributed by atoms with van der Waals surface area (Å²) in [7, 11) is 0. The van der Waals surface area contributed by atoms with Gasteiger partial charge in [-0.1, -0.05) is 39.4 Å².